The summed E-state index contributed by atoms with van der Waals surface area (Å²) in [4.78, 5) is 4.60. The van der Waals surface area contributed by atoms with Crippen molar-refractivity contribution in [1.82, 2.24) is 10.3 Å². The number of nitrogens with zero attached hydrogens (tertiary/aromatic N) is 1. The molecule has 1 aromatic rings. The van der Waals surface area contributed by atoms with Gasteiger partial charge in [-0.05, 0) is 50.3 Å². The molecule has 0 aromatic carbocycles. The number of aromatic nitrogens is 1. The molecule has 1 atom stereocenters. The van der Waals surface area contributed by atoms with E-state index in [0.717, 1.165) is 39.0 Å². The SMILES string of the molecule is CCCNC(c1ncccc1C)C1CCOCC1. The first-order chi connectivity index (χ1) is 8.83. The zero-order valence-electron chi connectivity index (χ0n) is 11.5. The Kier molecular flexibility index (Phi) is 5.14. The highest BCUT2D eigenvalue weighted by Crippen LogP contribution is 2.30. The van der Waals surface area contributed by atoms with Crippen LogP contribution in [0.15, 0.2) is 18.3 Å². The second kappa shape index (κ2) is 6.86. The van der Waals surface area contributed by atoms with E-state index in [1.807, 2.05) is 12.3 Å². The molecule has 100 valence electrons. The molecule has 2 heterocycles. The lowest BCUT2D eigenvalue weighted by atomic mass is 9.88. The van der Waals surface area contributed by atoms with Gasteiger partial charge in [-0.1, -0.05) is 13.0 Å². The van der Waals surface area contributed by atoms with Gasteiger partial charge in [-0.2, -0.15) is 0 Å². The summed E-state index contributed by atoms with van der Waals surface area (Å²) in [6.07, 6.45) is 5.34. The summed E-state index contributed by atoms with van der Waals surface area (Å²) in [7, 11) is 0. The minimum atomic E-state index is 0.384. The zero-order valence-corrected chi connectivity index (χ0v) is 11.5. The van der Waals surface area contributed by atoms with Gasteiger partial charge in [-0.25, -0.2) is 0 Å². The number of nitrogens with one attached hydrogen (secondary N) is 1. The number of aryl methyl sites for hydroxylation is 1. The Bertz CT molecular complexity index is 361. The third-order valence-corrected chi connectivity index (χ3v) is 3.70. The molecule has 1 fully saturated rings. The summed E-state index contributed by atoms with van der Waals surface area (Å²) >= 11 is 0. The normalized spacial score (nSPS) is 18.8. The predicted molar refractivity (Wildman–Crippen MR) is 73.6 cm³/mol. The number of rotatable bonds is 5. The molecule has 1 N–H and O–H groups in total. The summed E-state index contributed by atoms with van der Waals surface area (Å²) in [6.45, 7) is 7.20. The number of hydrogen-bond acceptors (Lipinski definition) is 3. The van der Waals surface area contributed by atoms with Gasteiger partial charge in [-0.15, -0.1) is 0 Å². The van der Waals surface area contributed by atoms with Gasteiger partial charge in [0.2, 0.25) is 0 Å². The third-order valence-electron chi connectivity index (χ3n) is 3.70. The number of hydrogen-bond donors (Lipinski definition) is 1. The van der Waals surface area contributed by atoms with Crippen LogP contribution in [0.3, 0.4) is 0 Å². The minimum Gasteiger partial charge on any atom is -0.381 e. The van der Waals surface area contributed by atoms with Gasteiger partial charge in [0, 0.05) is 19.4 Å². The van der Waals surface area contributed by atoms with Crippen LogP contribution in [0.25, 0.3) is 0 Å². The van der Waals surface area contributed by atoms with Crippen molar-refractivity contribution in [3.63, 3.8) is 0 Å². The molecule has 1 unspecified atom stereocenters. The van der Waals surface area contributed by atoms with Crippen molar-refractivity contribution in [2.45, 2.75) is 39.2 Å². The number of pyridine rings is 1. The van der Waals surface area contributed by atoms with Gasteiger partial charge in [0.15, 0.2) is 0 Å². The average Bonchev–Trinajstić information content (AvgIpc) is 2.42. The van der Waals surface area contributed by atoms with Crippen molar-refractivity contribution in [3.05, 3.63) is 29.6 Å². The quantitative estimate of drug-likeness (QED) is 0.870. The lowest BCUT2D eigenvalue weighted by molar-refractivity contribution is 0.0530. The fraction of sp³-hybridized carbons (Fsp3) is 0.667. The maximum Gasteiger partial charge on any atom is 0.0605 e. The van der Waals surface area contributed by atoms with Crippen LogP contribution < -0.4 is 5.32 Å². The molecule has 0 spiro atoms. The number of ether oxygens (including phenoxy) is 1. The second-order valence-corrected chi connectivity index (χ2v) is 5.09. The van der Waals surface area contributed by atoms with E-state index in [1.54, 1.807) is 0 Å². The Hall–Kier alpha value is -0.930. The summed E-state index contributed by atoms with van der Waals surface area (Å²) in [5.74, 6) is 0.652. The molecule has 0 saturated carbocycles. The van der Waals surface area contributed by atoms with Crippen molar-refractivity contribution in [3.8, 4) is 0 Å². The van der Waals surface area contributed by atoms with Crippen LogP contribution >= 0.6 is 0 Å². The third kappa shape index (κ3) is 3.30. The monoisotopic (exact) mass is 248 g/mol. The molecular formula is C15H24N2O. The lowest BCUT2D eigenvalue weighted by Gasteiger charge is -2.31. The summed E-state index contributed by atoms with van der Waals surface area (Å²) in [5.41, 5.74) is 2.51. The Balaban J connectivity index is 2.15. The summed E-state index contributed by atoms with van der Waals surface area (Å²) < 4.78 is 5.47. The van der Waals surface area contributed by atoms with Crippen LogP contribution in [0.5, 0.6) is 0 Å². The van der Waals surface area contributed by atoms with E-state index < -0.39 is 0 Å². The van der Waals surface area contributed by atoms with E-state index in [-0.39, 0.29) is 0 Å². The Morgan fingerprint density at radius 2 is 2.22 bits per heavy atom. The van der Waals surface area contributed by atoms with Crippen LogP contribution in [0.1, 0.15) is 43.5 Å². The molecule has 0 bridgehead atoms. The van der Waals surface area contributed by atoms with Crippen LogP contribution in [-0.2, 0) is 4.74 Å². The largest absolute Gasteiger partial charge is 0.381 e. The topological polar surface area (TPSA) is 34.2 Å². The fourth-order valence-corrected chi connectivity index (χ4v) is 2.66. The van der Waals surface area contributed by atoms with Crippen LogP contribution in [-0.4, -0.2) is 24.7 Å². The predicted octanol–water partition coefficient (Wildman–Crippen LogP) is 2.86. The lowest BCUT2D eigenvalue weighted by Crippen LogP contribution is -2.33. The van der Waals surface area contributed by atoms with E-state index in [9.17, 15) is 0 Å². The first-order valence-corrected chi connectivity index (χ1v) is 7.05. The molecule has 2 rings (SSSR count). The smallest absolute Gasteiger partial charge is 0.0605 e. The van der Waals surface area contributed by atoms with Crippen molar-refractivity contribution in [2.24, 2.45) is 5.92 Å². The molecular weight excluding hydrogens is 224 g/mol. The zero-order chi connectivity index (χ0) is 12.8. The maximum atomic E-state index is 5.47. The van der Waals surface area contributed by atoms with Gasteiger partial charge in [0.05, 0.1) is 11.7 Å². The molecule has 3 nitrogen and oxygen atoms in total. The van der Waals surface area contributed by atoms with Gasteiger partial charge in [0.25, 0.3) is 0 Å². The first kappa shape index (κ1) is 13.5. The van der Waals surface area contributed by atoms with E-state index in [2.05, 4.69) is 30.2 Å². The van der Waals surface area contributed by atoms with Crippen LogP contribution in [0.2, 0.25) is 0 Å². The van der Waals surface area contributed by atoms with Crippen molar-refractivity contribution in [2.75, 3.05) is 19.8 Å². The second-order valence-electron chi connectivity index (χ2n) is 5.09. The van der Waals surface area contributed by atoms with E-state index in [0.29, 0.717) is 12.0 Å². The highest BCUT2D eigenvalue weighted by atomic mass is 16.5. The van der Waals surface area contributed by atoms with E-state index >= 15 is 0 Å². The van der Waals surface area contributed by atoms with Gasteiger partial charge < -0.3 is 10.1 Å². The van der Waals surface area contributed by atoms with Gasteiger partial charge in [-0.3, -0.25) is 4.98 Å². The van der Waals surface area contributed by atoms with E-state index in [1.165, 1.54) is 11.3 Å². The molecule has 1 aliphatic rings. The highest BCUT2D eigenvalue weighted by molar-refractivity contribution is 5.22. The average molecular weight is 248 g/mol. The standard InChI is InChI=1S/C15H24N2O/c1-3-8-16-15(13-6-10-18-11-7-13)14-12(2)5-4-9-17-14/h4-5,9,13,15-16H,3,6-8,10-11H2,1-2H3. The Labute approximate surface area is 110 Å². The van der Waals surface area contributed by atoms with Gasteiger partial charge in [0.1, 0.15) is 0 Å². The summed E-state index contributed by atoms with van der Waals surface area (Å²) in [5, 5.41) is 3.68. The molecule has 0 amide bonds. The molecule has 18 heavy (non-hydrogen) atoms. The van der Waals surface area contributed by atoms with Crippen molar-refractivity contribution >= 4 is 0 Å². The van der Waals surface area contributed by atoms with Crippen molar-refractivity contribution < 1.29 is 4.74 Å². The Morgan fingerprint density at radius 1 is 1.44 bits per heavy atom. The van der Waals surface area contributed by atoms with Crippen LogP contribution in [0, 0.1) is 12.8 Å². The molecule has 3 heteroatoms. The first-order valence-electron chi connectivity index (χ1n) is 7.05. The van der Waals surface area contributed by atoms with Gasteiger partial charge >= 0.3 is 0 Å². The van der Waals surface area contributed by atoms with Crippen molar-refractivity contribution in [1.29, 1.82) is 0 Å². The molecule has 1 saturated heterocycles. The minimum absolute atomic E-state index is 0.384. The highest BCUT2D eigenvalue weighted by Gasteiger charge is 2.26. The molecule has 0 radical (unpaired) electrons. The fourth-order valence-electron chi connectivity index (χ4n) is 2.66. The molecule has 1 aliphatic heterocycles. The summed E-state index contributed by atoms with van der Waals surface area (Å²) in [6, 6.07) is 4.55. The maximum absolute atomic E-state index is 5.47. The van der Waals surface area contributed by atoms with E-state index in [4.69, 9.17) is 4.74 Å². The van der Waals surface area contributed by atoms with Crippen LogP contribution in [0.4, 0.5) is 0 Å². The molecule has 0 aliphatic carbocycles. The molecule has 1 aromatic heterocycles. The Morgan fingerprint density at radius 3 is 2.89 bits per heavy atom.